The largest absolute Gasteiger partial charge is 0.314 e. The van der Waals surface area contributed by atoms with Crippen molar-refractivity contribution in [3.63, 3.8) is 0 Å². The van der Waals surface area contributed by atoms with Gasteiger partial charge in [0.1, 0.15) is 0 Å². The Morgan fingerprint density at radius 3 is 2.78 bits per heavy atom. The number of hydrogen-bond acceptors (Lipinski definition) is 4. The van der Waals surface area contributed by atoms with Gasteiger partial charge in [-0.15, -0.1) is 0 Å². The topological polar surface area (TPSA) is 73.2 Å². The van der Waals surface area contributed by atoms with Crippen LogP contribution in [-0.2, 0) is 10.0 Å². The highest BCUT2D eigenvalue weighted by molar-refractivity contribution is 7.89. The first-order valence-electron chi connectivity index (χ1n) is 6.67. The Balaban J connectivity index is 2.04. The SMILES string of the molecule is CC(C#N)S(=O)(=O)N1CCCC(C2CCCN2)C1. The van der Waals surface area contributed by atoms with Crippen LogP contribution in [0.25, 0.3) is 0 Å². The standard InChI is InChI=1S/C12H21N3O2S/c1-10(8-13)18(16,17)15-7-3-4-11(9-15)12-5-2-6-14-12/h10-12,14H,2-7,9H2,1H3. The molecule has 2 aliphatic rings. The number of nitrogens with zero attached hydrogens (tertiary/aromatic N) is 2. The van der Waals surface area contributed by atoms with Crippen molar-refractivity contribution in [1.82, 2.24) is 9.62 Å². The Kier molecular flexibility index (Phi) is 4.25. The lowest BCUT2D eigenvalue weighted by Crippen LogP contribution is -2.47. The molecule has 3 atom stereocenters. The molecule has 2 aliphatic heterocycles. The lowest BCUT2D eigenvalue weighted by Gasteiger charge is -2.35. The molecule has 1 N–H and O–H groups in total. The maximum atomic E-state index is 12.2. The Hall–Kier alpha value is -0.640. The first-order valence-corrected chi connectivity index (χ1v) is 8.18. The highest BCUT2D eigenvalue weighted by atomic mass is 32.2. The number of sulfonamides is 1. The van der Waals surface area contributed by atoms with Crippen molar-refractivity contribution in [3.8, 4) is 6.07 Å². The summed E-state index contributed by atoms with van der Waals surface area (Å²) in [5.41, 5.74) is 0. The van der Waals surface area contributed by atoms with Gasteiger partial charge < -0.3 is 5.32 Å². The van der Waals surface area contributed by atoms with Gasteiger partial charge in [-0.1, -0.05) is 0 Å². The van der Waals surface area contributed by atoms with Crippen molar-refractivity contribution in [2.45, 2.75) is 43.9 Å². The van der Waals surface area contributed by atoms with Gasteiger partial charge in [0.2, 0.25) is 10.0 Å². The maximum Gasteiger partial charge on any atom is 0.230 e. The van der Waals surface area contributed by atoms with Crippen molar-refractivity contribution >= 4 is 10.0 Å². The minimum Gasteiger partial charge on any atom is -0.314 e. The molecule has 2 heterocycles. The molecular weight excluding hydrogens is 250 g/mol. The van der Waals surface area contributed by atoms with E-state index in [0.717, 1.165) is 25.8 Å². The summed E-state index contributed by atoms with van der Waals surface area (Å²) in [5.74, 6) is 0.405. The minimum atomic E-state index is -3.43. The van der Waals surface area contributed by atoms with Crippen LogP contribution in [-0.4, -0.2) is 43.6 Å². The van der Waals surface area contributed by atoms with Crippen molar-refractivity contribution < 1.29 is 8.42 Å². The first-order chi connectivity index (χ1) is 8.55. The van der Waals surface area contributed by atoms with Crippen LogP contribution in [0.15, 0.2) is 0 Å². The molecule has 0 saturated carbocycles. The molecule has 18 heavy (non-hydrogen) atoms. The third-order valence-electron chi connectivity index (χ3n) is 4.08. The Bertz CT molecular complexity index is 423. The quantitative estimate of drug-likeness (QED) is 0.819. The van der Waals surface area contributed by atoms with Crippen LogP contribution in [0, 0.1) is 17.2 Å². The van der Waals surface area contributed by atoms with Crippen LogP contribution in [0.2, 0.25) is 0 Å². The number of rotatable bonds is 3. The second kappa shape index (κ2) is 5.55. The smallest absolute Gasteiger partial charge is 0.230 e. The fourth-order valence-corrected chi connectivity index (χ4v) is 4.30. The summed E-state index contributed by atoms with van der Waals surface area (Å²) in [5, 5.41) is 11.3. The van der Waals surface area contributed by atoms with Gasteiger partial charge in [0.15, 0.2) is 5.25 Å². The molecule has 0 spiro atoms. The van der Waals surface area contributed by atoms with Gasteiger partial charge >= 0.3 is 0 Å². The second-order valence-corrected chi connectivity index (χ2v) is 7.53. The zero-order valence-corrected chi connectivity index (χ0v) is 11.6. The van der Waals surface area contributed by atoms with E-state index in [1.54, 1.807) is 0 Å². The molecule has 0 amide bonds. The van der Waals surface area contributed by atoms with Gasteiger partial charge in [0, 0.05) is 19.1 Å². The van der Waals surface area contributed by atoms with E-state index >= 15 is 0 Å². The molecule has 2 rings (SSSR count). The molecule has 102 valence electrons. The summed E-state index contributed by atoms with van der Waals surface area (Å²) in [6.45, 7) is 3.65. The summed E-state index contributed by atoms with van der Waals surface area (Å²) in [7, 11) is -3.43. The van der Waals surface area contributed by atoms with E-state index in [2.05, 4.69) is 5.32 Å². The van der Waals surface area contributed by atoms with E-state index in [4.69, 9.17) is 5.26 Å². The van der Waals surface area contributed by atoms with Gasteiger partial charge in [-0.05, 0) is 45.1 Å². The molecule has 6 heteroatoms. The van der Waals surface area contributed by atoms with Crippen LogP contribution in [0.4, 0.5) is 0 Å². The fraction of sp³-hybridized carbons (Fsp3) is 0.917. The Morgan fingerprint density at radius 1 is 1.39 bits per heavy atom. The van der Waals surface area contributed by atoms with Gasteiger partial charge in [-0.25, -0.2) is 12.7 Å². The molecular formula is C12H21N3O2S. The third kappa shape index (κ3) is 2.68. The summed E-state index contributed by atoms with van der Waals surface area (Å²) in [6, 6.07) is 2.30. The lowest BCUT2D eigenvalue weighted by molar-refractivity contribution is 0.226. The minimum absolute atomic E-state index is 0.405. The summed E-state index contributed by atoms with van der Waals surface area (Å²) in [4.78, 5) is 0. The first kappa shape index (κ1) is 13.8. The summed E-state index contributed by atoms with van der Waals surface area (Å²) >= 11 is 0. The van der Waals surface area contributed by atoms with Gasteiger partial charge in [0.25, 0.3) is 0 Å². The molecule has 5 nitrogen and oxygen atoms in total. The highest BCUT2D eigenvalue weighted by Gasteiger charge is 2.36. The molecule has 2 fully saturated rings. The van der Waals surface area contributed by atoms with Gasteiger partial charge in [-0.2, -0.15) is 5.26 Å². The Labute approximate surface area is 109 Å². The normalized spacial score (nSPS) is 32.0. The number of nitrogens with one attached hydrogen (secondary N) is 1. The molecule has 0 aromatic rings. The molecule has 0 bridgehead atoms. The molecule has 2 saturated heterocycles. The predicted octanol–water partition coefficient (Wildman–Crippen LogP) is 0.692. The van der Waals surface area contributed by atoms with E-state index in [0.29, 0.717) is 25.0 Å². The second-order valence-electron chi connectivity index (χ2n) is 5.28. The monoisotopic (exact) mass is 271 g/mol. The van der Waals surface area contributed by atoms with E-state index in [9.17, 15) is 8.42 Å². The Morgan fingerprint density at radius 2 is 2.17 bits per heavy atom. The van der Waals surface area contributed by atoms with Gasteiger partial charge in [0.05, 0.1) is 6.07 Å². The lowest BCUT2D eigenvalue weighted by atomic mass is 9.91. The van der Waals surface area contributed by atoms with Crippen molar-refractivity contribution in [2.24, 2.45) is 5.92 Å². The van der Waals surface area contributed by atoms with Gasteiger partial charge in [-0.3, -0.25) is 0 Å². The van der Waals surface area contributed by atoms with E-state index in [1.165, 1.54) is 17.6 Å². The number of piperidine rings is 1. The van der Waals surface area contributed by atoms with Crippen LogP contribution >= 0.6 is 0 Å². The average molecular weight is 271 g/mol. The zero-order chi connectivity index (χ0) is 13.2. The maximum absolute atomic E-state index is 12.2. The molecule has 0 aliphatic carbocycles. The summed E-state index contributed by atoms with van der Waals surface area (Å²) < 4.78 is 25.8. The van der Waals surface area contributed by atoms with Crippen molar-refractivity contribution in [2.75, 3.05) is 19.6 Å². The highest BCUT2D eigenvalue weighted by Crippen LogP contribution is 2.27. The van der Waals surface area contributed by atoms with E-state index in [-0.39, 0.29) is 0 Å². The third-order valence-corrected chi connectivity index (χ3v) is 6.13. The summed E-state index contributed by atoms with van der Waals surface area (Å²) in [6.07, 6.45) is 4.32. The van der Waals surface area contributed by atoms with Crippen molar-refractivity contribution in [3.05, 3.63) is 0 Å². The molecule has 0 radical (unpaired) electrons. The zero-order valence-electron chi connectivity index (χ0n) is 10.8. The van der Waals surface area contributed by atoms with Crippen LogP contribution in [0.5, 0.6) is 0 Å². The van der Waals surface area contributed by atoms with E-state index < -0.39 is 15.3 Å². The molecule has 0 aromatic carbocycles. The number of hydrogen-bond donors (Lipinski definition) is 1. The molecule has 0 aromatic heterocycles. The van der Waals surface area contributed by atoms with Crippen LogP contribution in [0.1, 0.15) is 32.6 Å². The molecule has 3 unspecified atom stereocenters. The average Bonchev–Trinajstić information content (AvgIpc) is 2.91. The van der Waals surface area contributed by atoms with Crippen LogP contribution < -0.4 is 5.32 Å². The predicted molar refractivity (Wildman–Crippen MR) is 69.3 cm³/mol. The van der Waals surface area contributed by atoms with E-state index in [1.807, 2.05) is 6.07 Å². The number of nitriles is 1. The fourth-order valence-electron chi connectivity index (χ4n) is 2.94. The van der Waals surface area contributed by atoms with Crippen molar-refractivity contribution in [1.29, 1.82) is 5.26 Å². The van der Waals surface area contributed by atoms with Crippen LogP contribution in [0.3, 0.4) is 0 Å².